The van der Waals surface area contributed by atoms with Gasteiger partial charge in [0.25, 0.3) is 5.91 Å². The third kappa shape index (κ3) is 5.41. The minimum Gasteiger partial charge on any atom is -0.457 e. The van der Waals surface area contributed by atoms with E-state index in [2.05, 4.69) is 10.3 Å². The summed E-state index contributed by atoms with van der Waals surface area (Å²) in [5, 5.41) is 3.71. The Balaban J connectivity index is 1.34. The van der Waals surface area contributed by atoms with E-state index in [0.29, 0.717) is 22.5 Å². The summed E-state index contributed by atoms with van der Waals surface area (Å²) in [4.78, 5) is 30.4. The Morgan fingerprint density at radius 1 is 0.811 bits per heavy atom. The lowest BCUT2D eigenvalue weighted by Crippen LogP contribution is -2.14. The Morgan fingerprint density at radius 3 is 2.38 bits per heavy atom. The second-order valence-electron chi connectivity index (χ2n) is 8.98. The topological polar surface area (TPSA) is 68.3 Å². The van der Waals surface area contributed by atoms with Crippen molar-refractivity contribution >= 4 is 28.6 Å². The molecule has 5 heteroatoms. The molecule has 4 aromatic carbocycles. The van der Waals surface area contributed by atoms with Crippen LogP contribution in [0.1, 0.15) is 37.4 Å². The van der Waals surface area contributed by atoms with Gasteiger partial charge in [-0.05, 0) is 72.5 Å². The number of carbonyl (C=O) groups is 2. The highest BCUT2D eigenvalue weighted by atomic mass is 16.5. The molecule has 37 heavy (non-hydrogen) atoms. The quantitative estimate of drug-likeness (QED) is 0.259. The minimum atomic E-state index is -0.397. The van der Waals surface area contributed by atoms with E-state index in [4.69, 9.17) is 4.74 Å². The SMILES string of the molecule is Cc1ccc(-c2c(C)cccc2C(=O)Nc2ccc3cc(C(=O)OCc4ccccc4)ccc3n2)cc1. The van der Waals surface area contributed by atoms with Crippen LogP contribution in [0.15, 0.2) is 103 Å². The second-order valence-corrected chi connectivity index (χ2v) is 8.98. The Hall–Kier alpha value is -4.77. The Labute approximate surface area is 215 Å². The van der Waals surface area contributed by atoms with Crippen molar-refractivity contribution in [2.75, 3.05) is 5.32 Å². The highest BCUT2D eigenvalue weighted by Crippen LogP contribution is 2.29. The summed E-state index contributed by atoms with van der Waals surface area (Å²) >= 11 is 0. The number of hydrogen-bond acceptors (Lipinski definition) is 4. The van der Waals surface area contributed by atoms with Gasteiger partial charge in [-0.15, -0.1) is 0 Å². The molecule has 1 aromatic heterocycles. The number of rotatable bonds is 6. The molecule has 0 aliphatic heterocycles. The van der Waals surface area contributed by atoms with Crippen molar-refractivity contribution < 1.29 is 14.3 Å². The number of pyridine rings is 1. The second kappa shape index (κ2) is 10.5. The molecule has 0 bridgehead atoms. The molecule has 0 aliphatic carbocycles. The van der Waals surface area contributed by atoms with Gasteiger partial charge in [0.05, 0.1) is 11.1 Å². The lowest BCUT2D eigenvalue weighted by atomic mass is 9.94. The maximum Gasteiger partial charge on any atom is 0.338 e. The van der Waals surface area contributed by atoms with Gasteiger partial charge in [-0.1, -0.05) is 72.3 Å². The van der Waals surface area contributed by atoms with Crippen LogP contribution in [-0.2, 0) is 11.3 Å². The average Bonchev–Trinajstić information content (AvgIpc) is 2.92. The molecule has 1 amide bonds. The molecule has 0 aliphatic rings. The molecule has 0 saturated carbocycles. The highest BCUT2D eigenvalue weighted by Gasteiger charge is 2.16. The van der Waals surface area contributed by atoms with Gasteiger partial charge in [0.2, 0.25) is 0 Å². The number of esters is 1. The van der Waals surface area contributed by atoms with Gasteiger partial charge in [0, 0.05) is 10.9 Å². The van der Waals surface area contributed by atoms with E-state index in [1.165, 1.54) is 0 Å². The summed E-state index contributed by atoms with van der Waals surface area (Å²) in [5.74, 6) is -0.188. The predicted octanol–water partition coefficient (Wildman–Crippen LogP) is 7.13. The van der Waals surface area contributed by atoms with Crippen LogP contribution >= 0.6 is 0 Å². The van der Waals surface area contributed by atoms with Crippen LogP contribution < -0.4 is 5.32 Å². The minimum absolute atomic E-state index is 0.213. The maximum absolute atomic E-state index is 13.3. The number of carbonyl (C=O) groups excluding carboxylic acids is 2. The van der Waals surface area contributed by atoms with Crippen molar-refractivity contribution in [2.24, 2.45) is 0 Å². The third-order valence-electron chi connectivity index (χ3n) is 6.24. The van der Waals surface area contributed by atoms with E-state index in [0.717, 1.165) is 33.2 Å². The lowest BCUT2D eigenvalue weighted by molar-refractivity contribution is 0.0473. The monoisotopic (exact) mass is 486 g/mol. The number of nitrogens with zero attached hydrogens (tertiary/aromatic N) is 1. The lowest BCUT2D eigenvalue weighted by Gasteiger charge is -2.13. The fraction of sp³-hybridized carbons (Fsp3) is 0.0938. The zero-order valence-corrected chi connectivity index (χ0v) is 20.7. The fourth-order valence-electron chi connectivity index (χ4n) is 4.27. The van der Waals surface area contributed by atoms with E-state index < -0.39 is 5.97 Å². The molecule has 0 atom stereocenters. The van der Waals surface area contributed by atoms with Gasteiger partial charge in [0.1, 0.15) is 12.4 Å². The van der Waals surface area contributed by atoms with Crippen LogP contribution in [0, 0.1) is 13.8 Å². The zero-order chi connectivity index (χ0) is 25.8. The van der Waals surface area contributed by atoms with E-state index in [-0.39, 0.29) is 12.5 Å². The maximum atomic E-state index is 13.3. The average molecular weight is 487 g/mol. The van der Waals surface area contributed by atoms with Gasteiger partial charge in [-0.25, -0.2) is 9.78 Å². The molecule has 5 aromatic rings. The molecule has 1 heterocycles. The molecule has 5 nitrogen and oxygen atoms in total. The number of aryl methyl sites for hydroxylation is 2. The first-order valence-corrected chi connectivity index (χ1v) is 12.1. The summed E-state index contributed by atoms with van der Waals surface area (Å²) in [6.07, 6.45) is 0. The standard InChI is InChI=1S/C32H26N2O3/c1-21-11-13-24(14-12-21)30-22(2)7-6-10-27(30)31(35)34-29-18-16-25-19-26(15-17-28(25)33-29)32(36)37-20-23-8-4-3-5-9-23/h3-19H,20H2,1-2H3,(H,33,34,35). The van der Waals surface area contributed by atoms with Crippen LogP contribution in [0.2, 0.25) is 0 Å². The van der Waals surface area contributed by atoms with Crippen LogP contribution in [0.25, 0.3) is 22.0 Å². The van der Waals surface area contributed by atoms with E-state index in [9.17, 15) is 9.59 Å². The number of benzene rings is 4. The van der Waals surface area contributed by atoms with Gasteiger partial charge in [-0.2, -0.15) is 0 Å². The van der Waals surface area contributed by atoms with Crippen molar-refractivity contribution in [2.45, 2.75) is 20.5 Å². The van der Waals surface area contributed by atoms with Gasteiger partial charge in [0.15, 0.2) is 0 Å². The van der Waals surface area contributed by atoms with Crippen LogP contribution in [0.3, 0.4) is 0 Å². The molecule has 0 radical (unpaired) electrons. The van der Waals surface area contributed by atoms with Crippen molar-refractivity contribution in [3.8, 4) is 11.1 Å². The molecular weight excluding hydrogens is 460 g/mol. The number of anilines is 1. The third-order valence-corrected chi connectivity index (χ3v) is 6.24. The number of nitrogens with one attached hydrogen (secondary N) is 1. The molecule has 0 spiro atoms. The molecule has 0 saturated heterocycles. The van der Waals surface area contributed by atoms with Crippen LogP contribution in [-0.4, -0.2) is 16.9 Å². The smallest absolute Gasteiger partial charge is 0.338 e. The first-order chi connectivity index (χ1) is 18.0. The predicted molar refractivity (Wildman–Crippen MR) is 147 cm³/mol. The van der Waals surface area contributed by atoms with E-state index in [1.54, 1.807) is 24.3 Å². The van der Waals surface area contributed by atoms with Gasteiger partial charge in [-0.3, -0.25) is 4.79 Å². The molecular formula is C32H26N2O3. The molecule has 0 unspecified atom stereocenters. The first-order valence-electron chi connectivity index (χ1n) is 12.1. The number of hydrogen-bond donors (Lipinski definition) is 1. The number of amides is 1. The summed E-state index contributed by atoms with van der Waals surface area (Å²) in [6, 6.07) is 32.2. The summed E-state index contributed by atoms with van der Waals surface area (Å²) in [7, 11) is 0. The van der Waals surface area contributed by atoms with Crippen molar-refractivity contribution in [3.05, 3.63) is 131 Å². The first kappa shape index (κ1) is 23.9. The Bertz CT molecular complexity index is 1590. The number of aromatic nitrogens is 1. The Morgan fingerprint density at radius 2 is 1.59 bits per heavy atom. The summed E-state index contributed by atoms with van der Waals surface area (Å²) < 4.78 is 5.44. The fourth-order valence-corrected chi connectivity index (χ4v) is 4.27. The molecule has 5 rings (SSSR count). The zero-order valence-electron chi connectivity index (χ0n) is 20.7. The highest BCUT2D eigenvalue weighted by molar-refractivity contribution is 6.09. The van der Waals surface area contributed by atoms with Crippen LogP contribution in [0.4, 0.5) is 5.82 Å². The van der Waals surface area contributed by atoms with E-state index >= 15 is 0 Å². The van der Waals surface area contributed by atoms with Crippen molar-refractivity contribution in [1.29, 1.82) is 0 Å². The number of ether oxygens (including phenoxy) is 1. The molecule has 182 valence electrons. The van der Waals surface area contributed by atoms with Crippen LogP contribution in [0.5, 0.6) is 0 Å². The largest absolute Gasteiger partial charge is 0.457 e. The van der Waals surface area contributed by atoms with Crippen molar-refractivity contribution in [3.63, 3.8) is 0 Å². The summed E-state index contributed by atoms with van der Waals surface area (Å²) in [5.41, 5.74) is 6.71. The van der Waals surface area contributed by atoms with Gasteiger partial charge < -0.3 is 10.1 Å². The van der Waals surface area contributed by atoms with Gasteiger partial charge >= 0.3 is 5.97 Å². The Kier molecular flexibility index (Phi) is 6.77. The molecule has 1 N–H and O–H groups in total. The number of fused-ring (bicyclic) bond motifs is 1. The van der Waals surface area contributed by atoms with Crippen molar-refractivity contribution in [1.82, 2.24) is 4.98 Å². The van der Waals surface area contributed by atoms with E-state index in [1.807, 2.05) is 92.7 Å². The summed E-state index contributed by atoms with van der Waals surface area (Å²) in [6.45, 7) is 4.25. The molecule has 0 fully saturated rings. The normalized spacial score (nSPS) is 10.8.